The zero-order chi connectivity index (χ0) is 36.6. The third kappa shape index (κ3) is 6.22. The zero-order valence-electron chi connectivity index (χ0n) is 30.3. The van der Waals surface area contributed by atoms with Crippen LogP contribution in [-0.4, -0.2) is 0 Å². The molecule has 0 amide bonds. The second-order valence-corrected chi connectivity index (χ2v) is 14.2. The van der Waals surface area contributed by atoms with Gasteiger partial charge in [-0.2, -0.15) is 0 Å². The van der Waals surface area contributed by atoms with Crippen LogP contribution in [0.4, 0.5) is 17.1 Å². The highest BCUT2D eigenvalue weighted by Gasteiger charge is 2.16. The molecular formula is C54H37N. The molecule has 10 aromatic carbocycles. The van der Waals surface area contributed by atoms with E-state index in [1.165, 1.54) is 76.8 Å². The van der Waals surface area contributed by atoms with Crippen LogP contribution in [0.2, 0.25) is 0 Å². The Bertz CT molecular complexity index is 2950. The lowest BCUT2D eigenvalue weighted by molar-refractivity contribution is 1.28. The van der Waals surface area contributed by atoms with E-state index in [0.29, 0.717) is 0 Å². The Kier molecular flexibility index (Phi) is 8.24. The summed E-state index contributed by atoms with van der Waals surface area (Å²) in [6.07, 6.45) is 0. The fourth-order valence-electron chi connectivity index (χ4n) is 8.03. The van der Waals surface area contributed by atoms with E-state index in [0.717, 1.165) is 17.1 Å². The van der Waals surface area contributed by atoms with Gasteiger partial charge in [-0.05, 0) is 119 Å². The molecule has 10 rings (SSSR count). The van der Waals surface area contributed by atoms with Crippen LogP contribution >= 0.6 is 0 Å². The van der Waals surface area contributed by atoms with Crippen LogP contribution in [0.3, 0.4) is 0 Å². The molecule has 0 saturated carbocycles. The van der Waals surface area contributed by atoms with E-state index in [2.05, 4.69) is 229 Å². The molecule has 0 bridgehead atoms. The molecule has 258 valence electrons. The Morgan fingerprint density at radius 3 is 1.27 bits per heavy atom. The summed E-state index contributed by atoms with van der Waals surface area (Å²) in [5.41, 5.74) is 13.0. The van der Waals surface area contributed by atoms with Crippen LogP contribution in [0.5, 0.6) is 0 Å². The van der Waals surface area contributed by atoms with Crippen LogP contribution in [0.15, 0.2) is 224 Å². The normalized spacial score (nSPS) is 11.3. The van der Waals surface area contributed by atoms with Crippen molar-refractivity contribution in [3.63, 3.8) is 0 Å². The van der Waals surface area contributed by atoms with Crippen molar-refractivity contribution in [1.29, 1.82) is 0 Å². The Morgan fingerprint density at radius 1 is 0.218 bits per heavy atom. The smallest absolute Gasteiger partial charge is 0.0467 e. The van der Waals surface area contributed by atoms with E-state index in [1.807, 2.05) is 0 Å². The Morgan fingerprint density at radius 2 is 0.655 bits per heavy atom. The van der Waals surface area contributed by atoms with Gasteiger partial charge in [0.05, 0.1) is 0 Å². The maximum atomic E-state index is 2.37. The van der Waals surface area contributed by atoms with E-state index < -0.39 is 0 Å². The first-order valence-electron chi connectivity index (χ1n) is 18.9. The molecule has 0 aliphatic rings. The summed E-state index contributed by atoms with van der Waals surface area (Å²) < 4.78 is 0. The molecular weight excluding hydrogens is 663 g/mol. The topological polar surface area (TPSA) is 3.24 Å². The molecule has 0 saturated heterocycles. The number of rotatable bonds is 7. The monoisotopic (exact) mass is 699 g/mol. The van der Waals surface area contributed by atoms with Crippen molar-refractivity contribution in [2.45, 2.75) is 0 Å². The number of benzene rings is 10. The van der Waals surface area contributed by atoms with Gasteiger partial charge in [0.25, 0.3) is 0 Å². The first-order valence-corrected chi connectivity index (χ1v) is 18.9. The van der Waals surface area contributed by atoms with Crippen LogP contribution in [-0.2, 0) is 0 Å². The van der Waals surface area contributed by atoms with E-state index in [4.69, 9.17) is 0 Å². The standard InChI is InChI=1S/C54H37N/c1-2-13-45-36-46(27-26-38(45)10-1)41-24-22-39(23-25-41)40-28-32-48(33-29-40)55(49-34-30-44(31-35-49)53-20-8-14-42-11-3-5-18-51(42)53)50-17-7-16-47(37-50)54-21-9-15-43-12-4-6-19-52(43)54/h1-37H. The summed E-state index contributed by atoms with van der Waals surface area (Å²) in [5, 5.41) is 7.53. The lowest BCUT2D eigenvalue weighted by Gasteiger charge is -2.26. The highest BCUT2D eigenvalue weighted by molar-refractivity contribution is 5.99. The summed E-state index contributed by atoms with van der Waals surface area (Å²) in [5.74, 6) is 0. The first-order chi connectivity index (χ1) is 27.2. The van der Waals surface area contributed by atoms with Gasteiger partial charge in [0.15, 0.2) is 0 Å². The van der Waals surface area contributed by atoms with Gasteiger partial charge in [0.1, 0.15) is 0 Å². The molecule has 1 heteroatoms. The number of nitrogens with zero attached hydrogens (tertiary/aromatic N) is 1. The Hall–Kier alpha value is -7.22. The average Bonchev–Trinajstić information content (AvgIpc) is 3.26. The summed E-state index contributed by atoms with van der Waals surface area (Å²) in [6, 6.07) is 81.4. The van der Waals surface area contributed by atoms with Gasteiger partial charge in [-0.25, -0.2) is 0 Å². The zero-order valence-corrected chi connectivity index (χ0v) is 30.3. The van der Waals surface area contributed by atoms with Gasteiger partial charge in [-0.15, -0.1) is 0 Å². The van der Waals surface area contributed by atoms with Crippen molar-refractivity contribution in [1.82, 2.24) is 0 Å². The molecule has 0 spiro atoms. The van der Waals surface area contributed by atoms with Crippen molar-refractivity contribution in [2.24, 2.45) is 0 Å². The second kappa shape index (κ2) is 14.0. The van der Waals surface area contributed by atoms with Gasteiger partial charge in [-0.1, -0.05) is 182 Å². The number of hydrogen-bond acceptors (Lipinski definition) is 1. The molecule has 0 heterocycles. The van der Waals surface area contributed by atoms with E-state index in [1.54, 1.807) is 0 Å². The molecule has 0 fully saturated rings. The molecule has 0 aromatic heterocycles. The minimum atomic E-state index is 1.10. The van der Waals surface area contributed by atoms with Crippen molar-refractivity contribution in [2.75, 3.05) is 4.90 Å². The third-order valence-corrected chi connectivity index (χ3v) is 10.9. The van der Waals surface area contributed by atoms with Gasteiger partial charge in [0, 0.05) is 17.1 Å². The summed E-state index contributed by atoms with van der Waals surface area (Å²) >= 11 is 0. The molecule has 0 aliphatic carbocycles. The minimum Gasteiger partial charge on any atom is -0.310 e. The summed E-state index contributed by atoms with van der Waals surface area (Å²) in [7, 11) is 0. The van der Waals surface area contributed by atoms with Gasteiger partial charge in [-0.3, -0.25) is 0 Å². The number of hydrogen-bond donors (Lipinski definition) is 0. The van der Waals surface area contributed by atoms with Crippen LogP contribution in [0.25, 0.3) is 76.8 Å². The quantitative estimate of drug-likeness (QED) is 0.160. The highest BCUT2D eigenvalue weighted by Crippen LogP contribution is 2.40. The summed E-state index contributed by atoms with van der Waals surface area (Å²) in [6.45, 7) is 0. The van der Waals surface area contributed by atoms with Gasteiger partial charge < -0.3 is 4.90 Å². The van der Waals surface area contributed by atoms with Gasteiger partial charge >= 0.3 is 0 Å². The van der Waals surface area contributed by atoms with E-state index in [9.17, 15) is 0 Å². The van der Waals surface area contributed by atoms with Crippen LogP contribution in [0, 0.1) is 0 Å². The van der Waals surface area contributed by atoms with Crippen LogP contribution < -0.4 is 4.90 Å². The maximum Gasteiger partial charge on any atom is 0.0467 e. The molecule has 0 atom stereocenters. The van der Waals surface area contributed by atoms with Crippen molar-refractivity contribution >= 4 is 49.4 Å². The highest BCUT2D eigenvalue weighted by atomic mass is 15.1. The number of anilines is 3. The maximum absolute atomic E-state index is 2.37. The summed E-state index contributed by atoms with van der Waals surface area (Å²) in [4.78, 5) is 2.37. The molecule has 10 aromatic rings. The largest absolute Gasteiger partial charge is 0.310 e. The molecule has 0 radical (unpaired) electrons. The Labute approximate surface area is 322 Å². The first kappa shape index (κ1) is 32.4. The fraction of sp³-hybridized carbons (Fsp3) is 0. The van der Waals surface area contributed by atoms with Crippen molar-refractivity contribution in [3.8, 4) is 44.5 Å². The molecule has 0 N–H and O–H groups in total. The van der Waals surface area contributed by atoms with Crippen LogP contribution in [0.1, 0.15) is 0 Å². The fourth-order valence-corrected chi connectivity index (χ4v) is 8.03. The average molecular weight is 700 g/mol. The predicted octanol–water partition coefficient (Wildman–Crippen LogP) is 15.3. The molecule has 1 nitrogen and oxygen atoms in total. The van der Waals surface area contributed by atoms with E-state index >= 15 is 0 Å². The molecule has 55 heavy (non-hydrogen) atoms. The molecule has 0 aliphatic heterocycles. The minimum absolute atomic E-state index is 1.10. The number of fused-ring (bicyclic) bond motifs is 3. The third-order valence-electron chi connectivity index (χ3n) is 10.9. The second-order valence-electron chi connectivity index (χ2n) is 14.2. The predicted molar refractivity (Wildman–Crippen MR) is 235 cm³/mol. The molecule has 0 unspecified atom stereocenters. The van der Waals surface area contributed by atoms with Crippen molar-refractivity contribution < 1.29 is 0 Å². The van der Waals surface area contributed by atoms with E-state index in [-0.39, 0.29) is 0 Å². The lowest BCUT2D eigenvalue weighted by Crippen LogP contribution is -2.10. The van der Waals surface area contributed by atoms with Crippen molar-refractivity contribution in [3.05, 3.63) is 224 Å². The Balaban J connectivity index is 1.02. The lowest BCUT2D eigenvalue weighted by atomic mass is 9.97. The van der Waals surface area contributed by atoms with Gasteiger partial charge in [0.2, 0.25) is 0 Å². The SMILES string of the molecule is c1cc(-c2cccc3ccccc23)cc(N(c2ccc(-c3ccc(-c4ccc5ccccc5c4)cc3)cc2)c2ccc(-c3cccc4ccccc34)cc2)c1.